The molecule has 0 saturated carbocycles. The van der Waals surface area contributed by atoms with Gasteiger partial charge in [-0.3, -0.25) is 19.1 Å². The van der Waals surface area contributed by atoms with Gasteiger partial charge >= 0.3 is 5.97 Å². The first kappa shape index (κ1) is 20.9. The van der Waals surface area contributed by atoms with E-state index in [9.17, 15) is 19.5 Å². The molecule has 2 aromatic heterocycles. The van der Waals surface area contributed by atoms with Crippen LogP contribution in [0.2, 0.25) is 0 Å². The van der Waals surface area contributed by atoms with Crippen molar-refractivity contribution in [2.75, 3.05) is 6.54 Å². The molecular formula is C18H26N4O4S. The van der Waals surface area contributed by atoms with Gasteiger partial charge < -0.3 is 15.7 Å². The number of carboxylic acids is 1. The largest absolute Gasteiger partial charge is 0.481 e. The Morgan fingerprint density at radius 2 is 1.96 bits per heavy atom. The lowest BCUT2D eigenvalue weighted by Crippen LogP contribution is -2.46. The van der Waals surface area contributed by atoms with Crippen molar-refractivity contribution in [3.05, 3.63) is 16.6 Å². The molecule has 2 rings (SSSR count). The maximum Gasteiger partial charge on any atom is 0.308 e. The summed E-state index contributed by atoms with van der Waals surface area (Å²) in [5.74, 6) is -2.11. The molecule has 0 aromatic carbocycles. The highest BCUT2D eigenvalue weighted by atomic mass is 32.1. The van der Waals surface area contributed by atoms with Gasteiger partial charge in [0.1, 0.15) is 10.9 Å². The number of aryl methyl sites for hydroxylation is 2. The van der Waals surface area contributed by atoms with Gasteiger partial charge in [-0.15, -0.1) is 11.3 Å². The zero-order chi connectivity index (χ0) is 20.3. The third kappa shape index (κ3) is 5.06. The van der Waals surface area contributed by atoms with Gasteiger partial charge in [0.25, 0.3) is 5.91 Å². The zero-order valence-electron chi connectivity index (χ0n) is 16.2. The molecule has 2 atom stereocenters. The average Bonchev–Trinajstić information content (AvgIpc) is 3.12. The summed E-state index contributed by atoms with van der Waals surface area (Å²) in [6.45, 7) is 7.36. The number of carbonyl (C=O) groups excluding carboxylic acids is 2. The van der Waals surface area contributed by atoms with E-state index in [1.165, 1.54) is 11.3 Å². The molecule has 2 amide bonds. The number of thiophene rings is 1. The smallest absolute Gasteiger partial charge is 0.308 e. The van der Waals surface area contributed by atoms with E-state index < -0.39 is 23.8 Å². The molecular weight excluding hydrogens is 368 g/mol. The van der Waals surface area contributed by atoms with Crippen molar-refractivity contribution >= 4 is 39.3 Å². The molecule has 0 fully saturated rings. The molecule has 0 radical (unpaired) electrons. The van der Waals surface area contributed by atoms with Gasteiger partial charge in [0, 0.05) is 19.0 Å². The number of fused-ring (bicyclic) bond motifs is 1. The molecule has 0 saturated heterocycles. The second-order valence-electron chi connectivity index (χ2n) is 7.14. The number of aliphatic carboxylic acids is 1. The third-order valence-electron chi connectivity index (χ3n) is 4.29. The minimum atomic E-state index is -0.935. The van der Waals surface area contributed by atoms with Crippen LogP contribution in [-0.4, -0.2) is 45.3 Å². The maximum absolute atomic E-state index is 12.4. The van der Waals surface area contributed by atoms with Crippen molar-refractivity contribution in [2.45, 2.75) is 40.2 Å². The van der Waals surface area contributed by atoms with Crippen molar-refractivity contribution in [3.63, 3.8) is 0 Å². The lowest BCUT2D eigenvalue weighted by Gasteiger charge is -2.18. The summed E-state index contributed by atoms with van der Waals surface area (Å²) in [6.07, 6.45) is 0.478. The van der Waals surface area contributed by atoms with E-state index in [2.05, 4.69) is 15.7 Å². The van der Waals surface area contributed by atoms with Crippen LogP contribution >= 0.6 is 11.3 Å². The fourth-order valence-electron chi connectivity index (χ4n) is 2.87. The quantitative estimate of drug-likeness (QED) is 0.633. The molecule has 0 aliphatic heterocycles. The van der Waals surface area contributed by atoms with Crippen LogP contribution in [0.4, 0.5) is 0 Å². The van der Waals surface area contributed by atoms with Crippen LogP contribution in [0.1, 0.15) is 42.6 Å². The maximum atomic E-state index is 12.4. The van der Waals surface area contributed by atoms with Crippen LogP contribution in [-0.2, 0) is 16.6 Å². The number of nitrogens with one attached hydrogen (secondary N) is 2. The summed E-state index contributed by atoms with van der Waals surface area (Å²) >= 11 is 1.31. The summed E-state index contributed by atoms with van der Waals surface area (Å²) < 4.78 is 1.73. The van der Waals surface area contributed by atoms with Gasteiger partial charge in [-0.05, 0) is 32.3 Å². The molecule has 0 spiro atoms. The Labute approximate surface area is 161 Å². The fraction of sp³-hybridized carbons (Fsp3) is 0.556. The number of nitrogens with zero attached hydrogens (tertiary/aromatic N) is 2. The Morgan fingerprint density at radius 3 is 2.52 bits per heavy atom. The highest BCUT2D eigenvalue weighted by molar-refractivity contribution is 7.20. The number of carbonyl (C=O) groups is 3. The highest BCUT2D eigenvalue weighted by Gasteiger charge is 2.23. The van der Waals surface area contributed by atoms with Crippen LogP contribution in [0.5, 0.6) is 0 Å². The Kier molecular flexibility index (Phi) is 6.59. The number of amides is 2. The Bertz CT molecular complexity index is 821. The summed E-state index contributed by atoms with van der Waals surface area (Å²) in [5.41, 5.74) is 0.846. The molecule has 0 aliphatic carbocycles. The molecule has 2 unspecified atom stereocenters. The second kappa shape index (κ2) is 8.51. The van der Waals surface area contributed by atoms with Gasteiger partial charge in [-0.2, -0.15) is 5.10 Å². The number of aromatic nitrogens is 2. The SMILES string of the molecule is Cc1nn(C)c2sc(C(=O)NC(C)C(=O)NCC(CC(C)C)C(=O)O)cc12. The normalized spacial score (nSPS) is 13.6. The molecule has 0 aliphatic rings. The van der Waals surface area contributed by atoms with Crippen LogP contribution in [0.3, 0.4) is 0 Å². The minimum Gasteiger partial charge on any atom is -0.481 e. The Balaban J connectivity index is 1.95. The van der Waals surface area contributed by atoms with Crippen molar-refractivity contribution in [2.24, 2.45) is 18.9 Å². The Morgan fingerprint density at radius 1 is 1.30 bits per heavy atom. The molecule has 8 nitrogen and oxygen atoms in total. The topological polar surface area (TPSA) is 113 Å². The molecule has 27 heavy (non-hydrogen) atoms. The summed E-state index contributed by atoms with van der Waals surface area (Å²) in [4.78, 5) is 37.3. The lowest BCUT2D eigenvalue weighted by atomic mass is 9.97. The van der Waals surface area contributed by atoms with Gasteiger partial charge in [-0.1, -0.05) is 13.8 Å². The summed E-state index contributed by atoms with van der Waals surface area (Å²) in [7, 11) is 1.82. The molecule has 3 N–H and O–H groups in total. The van der Waals surface area contributed by atoms with Crippen LogP contribution in [0, 0.1) is 18.8 Å². The van der Waals surface area contributed by atoms with E-state index in [0.29, 0.717) is 11.3 Å². The molecule has 2 heterocycles. The highest BCUT2D eigenvalue weighted by Crippen LogP contribution is 2.27. The monoisotopic (exact) mass is 394 g/mol. The number of carboxylic acid groups (broad SMARTS) is 1. The van der Waals surface area contributed by atoms with E-state index in [0.717, 1.165) is 15.9 Å². The van der Waals surface area contributed by atoms with Crippen molar-refractivity contribution in [3.8, 4) is 0 Å². The van der Waals surface area contributed by atoms with Crippen molar-refractivity contribution in [1.82, 2.24) is 20.4 Å². The van der Waals surface area contributed by atoms with Crippen LogP contribution in [0.25, 0.3) is 10.2 Å². The third-order valence-corrected chi connectivity index (χ3v) is 5.49. The van der Waals surface area contributed by atoms with Crippen molar-refractivity contribution < 1.29 is 19.5 Å². The van der Waals surface area contributed by atoms with Gasteiger partial charge in [0.15, 0.2) is 0 Å². The average molecular weight is 394 g/mol. The van der Waals surface area contributed by atoms with E-state index in [1.807, 2.05) is 27.8 Å². The van der Waals surface area contributed by atoms with Crippen LogP contribution in [0.15, 0.2) is 6.07 Å². The Hall–Kier alpha value is -2.42. The summed E-state index contributed by atoms with van der Waals surface area (Å²) in [6, 6.07) is 1.00. The lowest BCUT2D eigenvalue weighted by molar-refractivity contribution is -0.142. The van der Waals surface area contributed by atoms with E-state index in [4.69, 9.17) is 0 Å². The number of hydrogen-bond acceptors (Lipinski definition) is 5. The minimum absolute atomic E-state index is 0.0420. The predicted molar refractivity (Wildman–Crippen MR) is 104 cm³/mol. The number of rotatable bonds is 8. The van der Waals surface area contributed by atoms with E-state index >= 15 is 0 Å². The first-order chi connectivity index (χ1) is 12.6. The zero-order valence-corrected chi connectivity index (χ0v) is 17.0. The van der Waals surface area contributed by atoms with E-state index in [1.54, 1.807) is 17.7 Å². The molecule has 0 bridgehead atoms. The van der Waals surface area contributed by atoms with E-state index in [-0.39, 0.29) is 18.4 Å². The first-order valence-electron chi connectivity index (χ1n) is 8.84. The van der Waals surface area contributed by atoms with Gasteiger partial charge in [0.2, 0.25) is 5.91 Å². The fourth-order valence-corrected chi connectivity index (χ4v) is 3.89. The molecule has 9 heteroatoms. The summed E-state index contributed by atoms with van der Waals surface area (Å²) in [5, 5.41) is 19.7. The molecule has 148 valence electrons. The second-order valence-corrected chi connectivity index (χ2v) is 8.17. The van der Waals surface area contributed by atoms with Crippen molar-refractivity contribution in [1.29, 1.82) is 0 Å². The standard InChI is InChI=1S/C18H26N4O4S/c1-9(2)6-12(18(25)26)8-19-15(23)11(4)20-16(24)14-7-13-10(3)21-22(5)17(13)27-14/h7,9,11-12H,6,8H2,1-5H3,(H,19,23)(H,20,24)(H,25,26). The van der Waals surface area contributed by atoms with Gasteiger partial charge in [-0.25, -0.2) is 0 Å². The number of hydrogen-bond donors (Lipinski definition) is 3. The van der Waals surface area contributed by atoms with Crippen LogP contribution < -0.4 is 10.6 Å². The predicted octanol–water partition coefficient (Wildman–Crippen LogP) is 1.92. The first-order valence-corrected chi connectivity index (χ1v) is 9.66. The van der Waals surface area contributed by atoms with Gasteiger partial charge in [0.05, 0.1) is 16.5 Å². The molecule has 2 aromatic rings.